The van der Waals surface area contributed by atoms with Crippen LogP contribution < -0.4 is 5.32 Å². The predicted molar refractivity (Wildman–Crippen MR) is 53.5 cm³/mol. The van der Waals surface area contributed by atoms with Gasteiger partial charge in [-0.3, -0.25) is 10.1 Å². The Labute approximate surface area is 84.3 Å². The number of aliphatic hydroxyl groups is 1. The Morgan fingerprint density at radius 2 is 2.21 bits per heavy atom. The molecule has 1 aliphatic heterocycles. The molecular formula is C10H16N2O2. The zero-order valence-electron chi connectivity index (χ0n) is 8.20. The SMILES string of the molecule is C#CCNCC(=O)N1CCC(O)CC1. The molecule has 14 heavy (non-hydrogen) atoms. The average molecular weight is 196 g/mol. The highest BCUT2D eigenvalue weighted by molar-refractivity contribution is 5.78. The lowest BCUT2D eigenvalue weighted by molar-refractivity contribution is -0.132. The molecule has 1 aliphatic rings. The van der Waals surface area contributed by atoms with Gasteiger partial charge in [0, 0.05) is 13.1 Å². The van der Waals surface area contributed by atoms with Crippen LogP contribution in [-0.4, -0.2) is 48.2 Å². The Bertz CT molecular complexity index is 227. The van der Waals surface area contributed by atoms with Crippen LogP contribution in [0.15, 0.2) is 0 Å². The summed E-state index contributed by atoms with van der Waals surface area (Å²) < 4.78 is 0. The summed E-state index contributed by atoms with van der Waals surface area (Å²) in [5.41, 5.74) is 0. The molecule has 4 nitrogen and oxygen atoms in total. The van der Waals surface area contributed by atoms with Gasteiger partial charge in [-0.05, 0) is 12.8 Å². The van der Waals surface area contributed by atoms with Crippen LogP contribution in [0.5, 0.6) is 0 Å². The number of likely N-dealkylation sites (tertiary alicyclic amines) is 1. The molecule has 1 amide bonds. The van der Waals surface area contributed by atoms with Crippen molar-refractivity contribution in [1.29, 1.82) is 0 Å². The van der Waals surface area contributed by atoms with Gasteiger partial charge in [0.25, 0.3) is 0 Å². The van der Waals surface area contributed by atoms with E-state index in [0.717, 1.165) is 0 Å². The highest BCUT2D eigenvalue weighted by atomic mass is 16.3. The van der Waals surface area contributed by atoms with Gasteiger partial charge in [0.15, 0.2) is 0 Å². The molecule has 0 aromatic rings. The van der Waals surface area contributed by atoms with Gasteiger partial charge >= 0.3 is 0 Å². The van der Waals surface area contributed by atoms with Crippen LogP contribution in [0, 0.1) is 12.3 Å². The second-order valence-electron chi connectivity index (χ2n) is 3.42. The molecule has 0 atom stereocenters. The molecule has 0 radical (unpaired) electrons. The number of hydrogen-bond acceptors (Lipinski definition) is 3. The average Bonchev–Trinajstić information content (AvgIpc) is 2.19. The van der Waals surface area contributed by atoms with Gasteiger partial charge < -0.3 is 10.0 Å². The molecule has 1 heterocycles. The topological polar surface area (TPSA) is 52.6 Å². The maximum Gasteiger partial charge on any atom is 0.236 e. The Kier molecular flexibility index (Phi) is 4.44. The minimum atomic E-state index is -0.238. The van der Waals surface area contributed by atoms with Gasteiger partial charge in [0.1, 0.15) is 0 Å². The van der Waals surface area contributed by atoms with Crippen LogP contribution >= 0.6 is 0 Å². The van der Waals surface area contributed by atoms with E-state index in [9.17, 15) is 9.90 Å². The standard InChI is InChI=1S/C10H16N2O2/c1-2-5-11-8-10(14)12-6-3-9(13)4-7-12/h1,9,11,13H,3-8H2. The largest absolute Gasteiger partial charge is 0.393 e. The van der Waals surface area contributed by atoms with Crippen molar-refractivity contribution < 1.29 is 9.90 Å². The number of piperidine rings is 1. The van der Waals surface area contributed by atoms with Crippen LogP contribution in [0.1, 0.15) is 12.8 Å². The Morgan fingerprint density at radius 1 is 1.57 bits per heavy atom. The minimum Gasteiger partial charge on any atom is -0.393 e. The first-order valence-electron chi connectivity index (χ1n) is 4.84. The van der Waals surface area contributed by atoms with Crippen LogP contribution in [0.25, 0.3) is 0 Å². The molecule has 2 N–H and O–H groups in total. The van der Waals surface area contributed by atoms with E-state index in [1.165, 1.54) is 0 Å². The van der Waals surface area contributed by atoms with E-state index in [1.54, 1.807) is 4.90 Å². The zero-order valence-corrected chi connectivity index (χ0v) is 8.20. The molecule has 1 rings (SSSR count). The summed E-state index contributed by atoms with van der Waals surface area (Å²) in [7, 11) is 0. The fraction of sp³-hybridized carbons (Fsp3) is 0.700. The van der Waals surface area contributed by atoms with Crippen molar-refractivity contribution in [1.82, 2.24) is 10.2 Å². The summed E-state index contributed by atoms with van der Waals surface area (Å²) >= 11 is 0. The molecule has 1 saturated heterocycles. The van der Waals surface area contributed by atoms with Crippen molar-refractivity contribution in [2.45, 2.75) is 18.9 Å². The van der Waals surface area contributed by atoms with Crippen molar-refractivity contribution in [2.24, 2.45) is 0 Å². The number of nitrogens with zero attached hydrogens (tertiary/aromatic N) is 1. The van der Waals surface area contributed by atoms with Gasteiger partial charge in [0.05, 0.1) is 19.2 Å². The number of terminal acetylenes is 1. The molecule has 78 valence electrons. The van der Waals surface area contributed by atoms with Gasteiger partial charge in [-0.25, -0.2) is 0 Å². The van der Waals surface area contributed by atoms with Gasteiger partial charge in [-0.15, -0.1) is 6.42 Å². The summed E-state index contributed by atoms with van der Waals surface area (Å²) in [4.78, 5) is 13.3. The van der Waals surface area contributed by atoms with E-state index >= 15 is 0 Å². The van der Waals surface area contributed by atoms with E-state index in [1.807, 2.05) is 0 Å². The van der Waals surface area contributed by atoms with Gasteiger partial charge in [-0.2, -0.15) is 0 Å². The third-order valence-electron chi connectivity index (χ3n) is 2.32. The molecule has 0 saturated carbocycles. The lowest BCUT2D eigenvalue weighted by Gasteiger charge is -2.29. The maximum absolute atomic E-state index is 11.5. The number of aliphatic hydroxyl groups excluding tert-OH is 1. The van der Waals surface area contributed by atoms with Crippen LogP contribution in [0.4, 0.5) is 0 Å². The molecule has 0 unspecified atom stereocenters. The molecule has 4 heteroatoms. The fourth-order valence-corrected chi connectivity index (χ4v) is 1.47. The third-order valence-corrected chi connectivity index (χ3v) is 2.32. The fourth-order valence-electron chi connectivity index (χ4n) is 1.47. The smallest absolute Gasteiger partial charge is 0.236 e. The first-order valence-corrected chi connectivity index (χ1v) is 4.84. The van der Waals surface area contributed by atoms with Gasteiger partial charge in [-0.1, -0.05) is 5.92 Å². The number of nitrogens with one attached hydrogen (secondary N) is 1. The van der Waals surface area contributed by atoms with Crippen molar-refractivity contribution in [3.63, 3.8) is 0 Å². The molecular weight excluding hydrogens is 180 g/mol. The lowest BCUT2D eigenvalue weighted by Crippen LogP contribution is -2.44. The summed E-state index contributed by atoms with van der Waals surface area (Å²) in [5, 5.41) is 12.1. The van der Waals surface area contributed by atoms with Crippen molar-refractivity contribution >= 4 is 5.91 Å². The second kappa shape index (κ2) is 5.63. The first-order chi connectivity index (χ1) is 6.74. The van der Waals surface area contributed by atoms with Crippen molar-refractivity contribution in [2.75, 3.05) is 26.2 Å². The number of hydrogen-bond donors (Lipinski definition) is 2. The van der Waals surface area contributed by atoms with E-state index in [4.69, 9.17) is 6.42 Å². The number of rotatable bonds is 3. The van der Waals surface area contributed by atoms with Crippen molar-refractivity contribution in [3.8, 4) is 12.3 Å². The summed E-state index contributed by atoms with van der Waals surface area (Å²) in [6, 6.07) is 0. The summed E-state index contributed by atoms with van der Waals surface area (Å²) in [6.45, 7) is 2.01. The zero-order chi connectivity index (χ0) is 10.4. The minimum absolute atomic E-state index is 0.0622. The summed E-state index contributed by atoms with van der Waals surface area (Å²) in [5.74, 6) is 2.47. The number of amides is 1. The molecule has 1 fully saturated rings. The third kappa shape index (κ3) is 3.36. The Morgan fingerprint density at radius 3 is 2.79 bits per heavy atom. The first kappa shape index (κ1) is 11.0. The maximum atomic E-state index is 11.5. The molecule has 0 aromatic carbocycles. The quantitative estimate of drug-likeness (QED) is 0.458. The Balaban J connectivity index is 2.21. The monoisotopic (exact) mass is 196 g/mol. The number of carbonyl (C=O) groups is 1. The molecule has 0 aromatic heterocycles. The second-order valence-corrected chi connectivity index (χ2v) is 3.42. The molecule has 0 aliphatic carbocycles. The van der Waals surface area contributed by atoms with E-state index < -0.39 is 0 Å². The van der Waals surface area contributed by atoms with E-state index in [2.05, 4.69) is 11.2 Å². The molecule has 0 spiro atoms. The predicted octanol–water partition coefficient (Wildman–Crippen LogP) is -0.807. The van der Waals surface area contributed by atoms with Crippen molar-refractivity contribution in [3.05, 3.63) is 0 Å². The number of carbonyl (C=O) groups excluding carboxylic acids is 1. The molecule has 0 bridgehead atoms. The normalized spacial score (nSPS) is 17.9. The lowest BCUT2D eigenvalue weighted by atomic mass is 10.1. The Hall–Kier alpha value is -1.05. The van der Waals surface area contributed by atoms with Crippen LogP contribution in [-0.2, 0) is 4.79 Å². The van der Waals surface area contributed by atoms with E-state index in [0.29, 0.717) is 39.0 Å². The highest BCUT2D eigenvalue weighted by Crippen LogP contribution is 2.09. The highest BCUT2D eigenvalue weighted by Gasteiger charge is 2.20. The van der Waals surface area contributed by atoms with E-state index in [-0.39, 0.29) is 12.0 Å². The van der Waals surface area contributed by atoms with Crippen LogP contribution in [0.3, 0.4) is 0 Å². The summed E-state index contributed by atoms with van der Waals surface area (Å²) in [6.07, 6.45) is 6.17. The van der Waals surface area contributed by atoms with Gasteiger partial charge in [0.2, 0.25) is 5.91 Å². The van der Waals surface area contributed by atoms with Crippen LogP contribution in [0.2, 0.25) is 0 Å².